The predicted molar refractivity (Wildman–Crippen MR) is 80.8 cm³/mol. The summed E-state index contributed by atoms with van der Waals surface area (Å²) >= 11 is 5.75. The van der Waals surface area contributed by atoms with Crippen LogP contribution in [0.2, 0.25) is 5.02 Å². The zero-order valence-corrected chi connectivity index (χ0v) is 12.3. The summed E-state index contributed by atoms with van der Waals surface area (Å²) in [4.78, 5) is 12.3. The Balaban J connectivity index is 1.85. The summed E-state index contributed by atoms with van der Waals surface area (Å²) in [5.74, 6) is -0.234. The van der Waals surface area contributed by atoms with Crippen LogP contribution >= 0.6 is 11.6 Å². The van der Waals surface area contributed by atoms with E-state index in [2.05, 4.69) is 4.72 Å². The van der Waals surface area contributed by atoms with Gasteiger partial charge in [0.25, 0.3) is 0 Å². The Hall–Kier alpha value is -1.65. The van der Waals surface area contributed by atoms with Crippen molar-refractivity contribution in [2.24, 2.45) is 0 Å². The number of benzene rings is 2. The van der Waals surface area contributed by atoms with Crippen LogP contribution in [0.1, 0.15) is 12.0 Å². The van der Waals surface area contributed by atoms with Crippen molar-refractivity contribution in [3.05, 3.63) is 65.2 Å². The molecule has 0 aliphatic rings. The molecule has 0 aliphatic carbocycles. The summed E-state index contributed by atoms with van der Waals surface area (Å²) in [6.07, 6.45) is 0.938. The molecule has 0 radical (unpaired) electrons. The Morgan fingerprint density at radius 2 is 1.70 bits per heavy atom. The van der Waals surface area contributed by atoms with Crippen LogP contribution in [0, 0.1) is 0 Å². The van der Waals surface area contributed by atoms with Crippen molar-refractivity contribution in [2.75, 3.05) is 0 Å². The van der Waals surface area contributed by atoms with Crippen LogP contribution in [0.5, 0.6) is 0 Å². The van der Waals surface area contributed by atoms with Gasteiger partial charge in [-0.2, -0.15) is 0 Å². The Morgan fingerprint density at radius 1 is 1.05 bits per heavy atom. The van der Waals surface area contributed by atoms with Crippen molar-refractivity contribution in [1.82, 2.24) is 4.72 Å². The van der Waals surface area contributed by atoms with Crippen molar-refractivity contribution < 1.29 is 9.00 Å². The van der Waals surface area contributed by atoms with Crippen molar-refractivity contribution in [3.8, 4) is 0 Å². The van der Waals surface area contributed by atoms with Crippen LogP contribution in [0.3, 0.4) is 0 Å². The fourth-order valence-corrected chi connectivity index (χ4v) is 2.61. The summed E-state index contributed by atoms with van der Waals surface area (Å²) in [5.41, 5.74) is 1.08. The Labute approximate surface area is 125 Å². The van der Waals surface area contributed by atoms with Gasteiger partial charge in [-0.25, -0.2) is 4.21 Å². The summed E-state index contributed by atoms with van der Waals surface area (Å²) in [6.45, 7) is 0. The topological polar surface area (TPSA) is 46.2 Å². The minimum atomic E-state index is -1.54. The highest BCUT2D eigenvalue weighted by Crippen LogP contribution is 2.12. The van der Waals surface area contributed by atoms with Gasteiger partial charge in [-0.1, -0.05) is 41.9 Å². The van der Waals surface area contributed by atoms with Gasteiger partial charge < -0.3 is 0 Å². The van der Waals surface area contributed by atoms with Gasteiger partial charge >= 0.3 is 0 Å². The molecule has 0 heterocycles. The fraction of sp³-hybridized carbons (Fsp3) is 0.133. The zero-order chi connectivity index (χ0) is 14.4. The molecule has 0 saturated heterocycles. The van der Waals surface area contributed by atoms with E-state index in [-0.39, 0.29) is 5.91 Å². The van der Waals surface area contributed by atoms with Gasteiger partial charge in [0, 0.05) is 11.4 Å². The third kappa shape index (κ3) is 4.47. The number of carbonyl (C=O) groups is 1. The number of halogens is 1. The van der Waals surface area contributed by atoms with Gasteiger partial charge in [0.05, 0.1) is 4.90 Å². The highest BCUT2D eigenvalue weighted by Gasteiger charge is 2.08. The lowest BCUT2D eigenvalue weighted by atomic mass is 10.1. The molecule has 0 saturated carbocycles. The molecule has 0 unspecified atom stereocenters. The first kappa shape index (κ1) is 14.8. The van der Waals surface area contributed by atoms with Crippen molar-refractivity contribution >= 4 is 28.5 Å². The number of nitrogens with one attached hydrogen (secondary N) is 1. The van der Waals surface area contributed by atoms with Crippen LogP contribution < -0.4 is 4.72 Å². The Morgan fingerprint density at radius 3 is 2.35 bits per heavy atom. The molecule has 2 aromatic rings. The minimum absolute atomic E-state index is 0.234. The lowest BCUT2D eigenvalue weighted by Gasteiger charge is -2.05. The number of aryl methyl sites for hydroxylation is 1. The highest BCUT2D eigenvalue weighted by molar-refractivity contribution is 7.83. The van der Waals surface area contributed by atoms with Crippen molar-refractivity contribution in [2.45, 2.75) is 17.7 Å². The summed E-state index contributed by atoms with van der Waals surface area (Å²) in [6, 6.07) is 16.3. The number of rotatable bonds is 5. The summed E-state index contributed by atoms with van der Waals surface area (Å²) in [7, 11) is -1.54. The first-order chi connectivity index (χ1) is 9.65. The largest absolute Gasteiger partial charge is 0.274 e. The molecule has 0 spiro atoms. The third-order valence-electron chi connectivity index (χ3n) is 2.72. The maximum atomic E-state index is 11.9. The molecule has 1 N–H and O–H groups in total. The molecular formula is C15H14ClNO2S. The second kappa shape index (κ2) is 7.22. The van der Waals surface area contributed by atoms with E-state index in [9.17, 15) is 9.00 Å². The van der Waals surface area contributed by atoms with Crippen molar-refractivity contribution in [3.63, 3.8) is 0 Å². The van der Waals surface area contributed by atoms with Gasteiger partial charge in [0.2, 0.25) is 5.91 Å². The van der Waals surface area contributed by atoms with E-state index in [0.717, 1.165) is 5.56 Å². The van der Waals surface area contributed by atoms with E-state index in [4.69, 9.17) is 11.6 Å². The molecule has 0 bridgehead atoms. The smallest absolute Gasteiger partial charge is 0.232 e. The van der Waals surface area contributed by atoms with Gasteiger partial charge in [0.15, 0.2) is 11.0 Å². The number of amides is 1. The first-order valence-electron chi connectivity index (χ1n) is 6.16. The number of hydrogen-bond donors (Lipinski definition) is 1. The lowest BCUT2D eigenvalue weighted by molar-refractivity contribution is -0.119. The van der Waals surface area contributed by atoms with Crippen LogP contribution in [0.25, 0.3) is 0 Å². The van der Waals surface area contributed by atoms with E-state index >= 15 is 0 Å². The Kier molecular flexibility index (Phi) is 5.32. The summed E-state index contributed by atoms with van der Waals surface area (Å²) in [5, 5.41) is 0.571. The van der Waals surface area contributed by atoms with Crippen LogP contribution in [-0.2, 0) is 22.2 Å². The summed E-state index contributed by atoms with van der Waals surface area (Å²) < 4.78 is 14.4. The monoisotopic (exact) mass is 307 g/mol. The molecule has 2 aromatic carbocycles. The highest BCUT2D eigenvalue weighted by atomic mass is 35.5. The average Bonchev–Trinajstić information content (AvgIpc) is 2.47. The molecular weight excluding hydrogens is 294 g/mol. The number of carbonyl (C=O) groups excluding carboxylic acids is 1. The quantitative estimate of drug-likeness (QED) is 0.922. The normalized spacial score (nSPS) is 11.8. The molecule has 20 heavy (non-hydrogen) atoms. The van der Waals surface area contributed by atoms with Crippen LogP contribution in [-0.4, -0.2) is 10.1 Å². The molecule has 104 valence electrons. The van der Waals surface area contributed by atoms with E-state index < -0.39 is 11.0 Å². The standard InChI is InChI=1S/C15H14ClNO2S/c16-13-7-9-14(10-8-13)20(19)17-15(18)11-6-12-4-2-1-3-5-12/h1-5,7-10H,6,11H2,(H,17,18)/t20-/m0/s1. The molecule has 0 aromatic heterocycles. The molecule has 0 fully saturated rings. The van der Waals surface area contributed by atoms with Crippen molar-refractivity contribution in [1.29, 1.82) is 0 Å². The SMILES string of the molecule is O=C(CCc1ccccc1)N[S@@](=O)c1ccc(Cl)cc1. The minimum Gasteiger partial charge on any atom is -0.274 e. The van der Waals surface area contributed by atoms with Crippen LogP contribution in [0.15, 0.2) is 59.5 Å². The van der Waals surface area contributed by atoms with Gasteiger partial charge in [-0.05, 0) is 36.2 Å². The first-order valence-corrected chi connectivity index (χ1v) is 7.68. The maximum Gasteiger partial charge on any atom is 0.232 e. The van der Waals surface area contributed by atoms with Crippen LogP contribution in [0.4, 0.5) is 0 Å². The molecule has 1 atom stereocenters. The zero-order valence-electron chi connectivity index (χ0n) is 10.7. The maximum absolute atomic E-state index is 11.9. The molecule has 5 heteroatoms. The molecule has 0 aliphatic heterocycles. The Bertz CT molecular complexity index is 599. The average molecular weight is 308 g/mol. The van der Waals surface area contributed by atoms with E-state index in [1.807, 2.05) is 30.3 Å². The predicted octanol–water partition coefficient (Wildman–Crippen LogP) is 3.11. The lowest BCUT2D eigenvalue weighted by Crippen LogP contribution is -2.25. The molecule has 1 amide bonds. The fourth-order valence-electron chi connectivity index (χ4n) is 1.67. The number of hydrogen-bond acceptors (Lipinski definition) is 2. The van der Waals surface area contributed by atoms with E-state index in [1.165, 1.54) is 0 Å². The van der Waals surface area contributed by atoms with E-state index in [1.54, 1.807) is 24.3 Å². The second-order valence-corrected chi connectivity index (χ2v) is 5.88. The second-order valence-electron chi connectivity index (χ2n) is 4.23. The van der Waals surface area contributed by atoms with Gasteiger partial charge in [-0.3, -0.25) is 9.52 Å². The third-order valence-corrected chi connectivity index (χ3v) is 4.08. The van der Waals surface area contributed by atoms with Gasteiger partial charge in [-0.15, -0.1) is 0 Å². The van der Waals surface area contributed by atoms with E-state index in [0.29, 0.717) is 22.8 Å². The molecule has 3 nitrogen and oxygen atoms in total. The van der Waals surface area contributed by atoms with Gasteiger partial charge in [0.1, 0.15) is 0 Å². The molecule has 2 rings (SSSR count).